The van der Waals surface area contributed by atoms with Crippen molar-refractivity contribution in [2.24, 2.45) is 5.73 Å². The van der Waals surface area contributed by atoms with Gasteiger partial charge in [0.15, 0.2) is 5.78 Å². The monoisotopic (exact) mass is 395 g/mol. The molecule has 4 rings (SSSR count). The van der Waals surface area contributed by atoms with Crippen LogP contribution in [0.25, 0.3) is 0 Å². The van der Waals surface area contributed by atoms with Gasteiger partial charge in [0.2, 0.25) is 0 Å². The SMILES string of the molecule is Cc1ccc(C2C(C#N)=C(N)N(c3ccc(Cl)cc3)C3=C2C(=O)CCC3)s1. The van der Waals surface area contributed by atoms with Crippen LogP contribution in [0, 0.1) is 18.3 Å². The predicted octanol–water partition coefficient (Wildman–Crippen LogP) is 5.01. The molecular weight excluding hydrogens is 378 g/mol. The molecule has 1 unspecified atom stereocenters. The average Bonchev–Trinajstić information content (AvgIpc) is 3.08. The molecule has 0 fully saturated rings. The molecule has 27 heavy (non-hydrogen) atoms. The van der Waals surface area contributed by atoms with Gasteiger partial charge in [0.05, 0.1) is 17.6 Å². The summed E-state index contributed by atoms with van der Waals surface area (Å²) in [6.45, 7) is 2.02. The Morgan fingerprint density at radius 1 is 1.22 bits per heavy atom. The average molecular weight is 396 g/mol. The number of hydrogen-bond acceptors (Lipinski definition) is 5. The number of ketones is 1. The van der Waals surface area contributed by atoms with Gasteiger partial charge in [-0.1, -0.05) is 11.6 Å². The second kappa shape index (κ2) is 6.88. The molecule has 1 aromatic carbocycles. The molecule has 0 bridgehead atoms. The lowest BCUT2D eigenvalue weighted by atomic mass is 9.78. The van der Waals surface area contributed by atoms with E-state index in [-0.39, 0.29) is 11.7 Å². The van der Waals surface area contributed by atoms with Gasteiger partial charge < -0.3 is 5.73 Å². The number of anilines is 1. The summed E-state index contributed by atoms with van der Waals surface area (Å²) in [5.41, 5.74) is 9.36. The fraction of sp³-hybridized carbons (Fsp3) is 0.238. The normalized spacial score (nSPS) is 20.0. The lowest BCUT2D eigenvalue weighted by molar-refractivity contribution is -0.116. The smallest absolute Gasteiger partial charge is 0.161 e. The number of nitrogens with zero attached hydrogens (tertiary/aromatic N) is 2. The Hall–Kier alpha value is -2.55. The van der Waals surface area contributed by atoms with Gasteiger partial charge in [-0.3, -0.25) is 9.69 Å². The van der Waals surface area contributed by atoms with E-state index < -0.39 is 0 Å². The van der Waals surface area contributed by atoms with Gasteiger partial charge >= 0.3 is 0 Å². The number of nitrogens with two attached hydrogens (primary N) is 1. The van der Waals surface area contributed by atoms with Crippen LogP contribution >= 0.6 is 22.9 Å². The van der Waals surface area contributed by atoms with Crippen molar-refractivity contribution in [3.63, 3.8) is 0 Å². The van der Waals surface area contributed by atoms with Crippen molar-refractivity contribution in [3.05, 3.63) is 73.8 Å². The molecule has 0 amide bonds. The number of halogens is 1. The van der Waals surface area contributed by atoms with Crippen LogP contribution in [0.3, 0.4) is 0 Å². The van der Waals surface area contributed by atoms with Gasteiger partial charge in [0.1, 0.15) is 5.82 Å². The van der Waals surface area contributed by atoms with E-state index in [0.717, 1.165) is 34.0 Å². The van der Waals surface area contributed by atoms with Crippen LogP contribution in [0.1, 0.15) is 34.9 Å². The van der Waals surface area contributed by atoms with Crippen molar-refractivity contribution < 1.29 is 4.79 Å². The highest BCUT2D eigenvalue weighted by Crippen LogP contribution is 2.47. The van der Waals surface area contributed by atoms with Crippen LogP contribution in [0.4, 0.5) is 5.69 Å². The Balaban J connectivity index is 1.96. The Morgan fingerprint density at radius 3 is 2.59 bits per heavy atom. The molecule has 6 heteroatoms. The highest BCUT2D eigenvalue weighted by Gasteiger charge is 2.40. The number of carbonyl (C=O) groups is 1. The summed E-state index contributed by atoms with van der Waals surface area (Å²) in [6, 6.07) is 13.6. The lowest BCUT2D eigenvalue weighted by Crippen LogP contribution is -2.38. The zero-order valence-corrected chi connectivity index (χ0v) is 16.4. The van der Waals surface area contributed by atoms with E-state index >= 15 is 0 Å². The third-order valence-electron chi connectivity index (χ3n) is 5.04. The quantitative estimate of drug-likeness (QED) is 0.775. The first kappa shape index (κ1) is 17.8. The maximum absolute atomic E-state index is 12.9. The Kier molecular flexibility index (Phi) is 4.55. The molecule has 1 aliphatic heterocycles. The standard InChI is InChI=1S/C21H18ClN3OS/c1-12-5-10-18(27-12)19-15(11-23)21(24)25(14-8-6-13(22)7-9-14)16-3-2-4-17(26)20(16)19/h5-10,19H,2-4,24H2,1H3. The molecule has 2 aromatic rings. The van der Waals surface area contributed by atoms with Gasteiger partial charge in [0.25, 0.3) is 0 Å². The van der Waals surface area contributed by atoms with E-state index in [4.69, 9.17) is 17.3 Å². The van der Waals surface area contributed by atoms with E-state index in [1.807, 2.05) is 36.1 Å². The molecule has 1 aromatic heterocycles. The van der Waals surface area contributed by atoms with Gasteiger partial charge in [-0.05, 0) is 56.2 Å². The first-order valence-electron chi connectivity index (χ1n) is 8.79. The minimum Gasteiger partial charge on any atom is -0.384 e. The minimum atomic E-state index is -0.375. The first-order valence-corrected chi connectivity index (χ1v) is 9.98. The van der Waals surface area contributed by atoms with Gasteiger partial charge in [-0.15, -0.1) is 11.3 Å². The maximum Gasteiger partial charge on any atom is 0.161 e. The summed E-state index contributed by atoms with van der Waals surface area (Å²) in [5.74, 6) is 0.121. The van der Waals surface area contributed by atoms with Crippen molar-refractivity contribution in [2.75, 3.05) is 4.90 Å². The largest absolute Gasteiger partial charge is 0.384 e. The van der Waals surface area contributed by atoms with Gasteiger partial charge in [0, 0.05) is 38.2 Å². The van der Waals surface area contributed by atoms with Crippen molar-refractivity contribution in [2.45, 2.75) is 32.1 Å². The summed E-state index contributed by atoms with van der Waals surface area (Å²) >= 11 is 7.64. The highest BCUT2D eigenvalue weighted by atomic mass is 35.5. The topological polar surface area (TPSA) is 70.1 Å². The van der Waals surface area contributed by atoms with Gasteiger partial charge in [-0.25, -0.2) is 0 Å². The molecule has 4 nitrogen and oxygen atoms in total. The summed E-state index contributed by atoms with van der Waals surface area (Å²) in [7, 11) is 0. The molecule has 136 valence electrons. The second-order valence-corrected chi connectivity index (χ2v) is 8.50. The van der Waals surface area contributed by atoms with E-state index in [1.54, 1.807) is 23.5 Å². The Bertz CT molecular complexity index is 1030. The molecule has 1 atom stereocenters. The number of Topliss-reactive ketones (excluding diaryl/α,β-unsaturated/α-hetero) is 1. The molecule has 2 heterocycles. The fourth-order valence-corrected chi connectivity index (χ4v) is 4.99. The molecule has 2 N–H and O–H groups in total. The Labute approximate surface area is 167 Å². The van der Waals surface area contributed by atoms with Crippen molar-refractivity contribution in [1.29, 1.82) is 5.26 Å². The van der Waals surface area contributed by atoms with Crippen LogP contribution in [0.5, 0.6) is 0 Å². The zero-order chi connectivity index (χ0) is 19.1. The highest BCUT2D eigenvalue weighted by molar-refractivity contribution is 7.12. The minimum absolute atomic E-state index is 0.103. The van der Waals surface area contributed by atoms with Crippen LogP contribution in [-0.2, 0) is 4.79 Å². The number of allylic oxidation sites excluding steroid dienone is 3. The van der Waals surface area contributed by atoms with Crippen molar-refractivity contribution >= 4 is 34.4 Å². The lowest BCUT2D eigenvalue weighted by Gasteiger charge is -2.39. The number of nitriles is 1. The first-order chi connectivity index (χ1) is 13.0. The number of rotatable bonds is 2. The van der Waals surface area contributed by atoms with E-state index in [9.17, 15) is 10.1 Å². The fourth-order valence-electron chi connectivity index (χ4n) is 3.86. The molecule has 2 aliphatic rings. The zero-order valence-electron chi connectivity index (χ0n) is 14.8. The Morgan fingerprint density at radius 2 is 1.96 bits per heavy atom. The van der Waals surface area contributed by atoms with Crippen molar-refractivity contribution in [3.8, 4) is 6.07 Å². The summed E-state index contributed by atoms with van der Waals surface area (Å²) in [6.07, 6.45) is 2.05. The summed E-state index contributed by atoms with van der Waals surface area (Å²) in [4.78, 5) is 16.9. The number of thiophene rings is 1. The maximum atomic E-state index is 12.9. The number of hydrogen-bond donors (Lipinski definition) is 1. The summed E-state index contributed by atoms with van der Waals surface area (Å²) < 4.78 is 0. The van der Waals surface area contributed by atoms with Crippen LogP contribution < -0.4 is 10.6 Å². The number of aryl methyl sites for hydroxylation is 1. The van der Waals surface area contributed by atoms with Crippen LogP contribution in [0.2, 0.25) is 5.02 Å². The van der Waals surface area contributed by atoms with Crippen LogP contribution in [-0.4, -0.2) is 5.78 Å². The number of carbonyl (C=O) groups excluding carboxylic acids is 1. The molecule has 0 saturated carbocycles. The van der Waals surface area contributed by atoms with Crippen molar-refractivity contribution in [1.82, 2.24) is 0 Å². The van der Waals surface area contributed by atoms with E-state index in [1.165, 1.54) is 0 Å². The van der Waals surface area contributed by atoms with E-state index in [2.05, 4.69) is 6.07 Å². The van der Waals surface area contributed by atoms with Gasteiger partial charge in [-0.2, -0.15) is 5.26 Å². The molecule has 0 radical (unpaired) electrons. The van der Waals surface area contributed by atoms with E-state index in [0.29, 0.717) is 28.4 Å². The van der Waals surface area contributed by atoms with Crippen LogP contribution in [0.15, 0.2) is 59.1 Å². The molecule has 0 spiro atoms. The molecule has 1 aliphatic carbocycles. The third-order valence-corrected chi connectivity index (χ3v) is 6.36. The number of benzene rings is 1. The summed E-state index contributed by atoms with van der Waals surface area (Å²) in [5, 5.41) is 10.5. The molecular formula is C21H18ClN3OS. The molecule has 0 saturated heterocycles. The predicted molar refractivity (Wildman–Crippen MR) is 108 cm³/mol. The third kappa shape index (κ3) is 2.95. The second-order valence-electron chi connectivity index (χ2n) is 6.74.